The monoisotopic (exact) mass is 908 g/mol. The molecule has 1 amide bonds. The van der Waals surface area contributed by atoms with Crippen molar-refractivity contribution in [1.82, 2.24) is 5.32 Å². The van der Waals surface area contributed by atoms with Crippen LogP contribution >= 0.6 is 0 Å². The summed E-state index contributed by atoms with van der Waals surface area (Å²) >= 11 is 0. The molecule has 3 rings (SSSR count). The molecule has 3 aliphatic rings. The topological polar surface area (TPSA) is 311 Å². The molecule has 0 aromatic heterocycles. The van der Waals surface area contributed by atoms with Crippen molar-refractivity contribution in [1.29, 1.82) is 0 Å². The Morgan fingerprint density at radius 3 is 1.91 bits per heavy atom. The van der Waals surface area contributed by atoms with Gasteiger partial charge in [-0.3, -0.25) is 9.59 Å². The molecule has 8 unspecified atom stereocenters. The van der Waals surface area contributed by atoms with Crippen LogP contribution in [0.2, 0.25) is 0 Å². The van der Waals surface area contributed by atoms with Crippen LogP contribution in [0.4, 0.5) is 0 Å². The molecule has 0 saturated carbocycles. The molecule has 3 heterocycles. The van der Waals surface area contributed by atoms with Crippen LogP contribution in [0.3, 0.4) is 0 Å². The fourth-order valence-corrected chi connectivity index (χ4v) is 7.68. The molecule has 0 aliphatic carbocycles. The molecule has 2 bridgehead atoms. The highest BCUT2D eigenvalue weighted by atomic mass is 16.7. The predicted octanol–water partition coefficient (Wildman–Crippen LogP) is -0.261. The molecule has 2 fully saturated rings. The van der Waals surface area contributed by atoms with Crippen molar-refractivity contribution in [3.63, 3.8) is 0 Å². The summed E-state index contributed by atoms with van der Waals surface area (Å²) in [6.07, 6.45) is 6.14. The van der Waals surface area contributed by atoms with E-state index in [9.17, 15) is 60.7 Å². The van der Waals surface area contributed by atoms with E-state index in [0.717, 1.165) is 0 Å². The smallest absolute Gasteiger partial charge is 0.308 e. The predicted molar refractivity (Wildman–Crippen MR) is 234 cm³/mol. The molecular formula is C46H72N2O16. The van der Waals surface area contributed by atoms with Crippen LogP contribution in [0.5, 0.6) is 0 Å². The number of esters is 1. The Balaban J connectivity index is 1.85. The van der Waals surface area contributed by atoms with Crippen molar-refractivity contribution >= 4 is 11.9 Å². The zero-order valence-corrected chi connectivity index (χ0v) is 36.9. The second-order valence-electron chi connectivity index (χ2n) is 17.0. The maximum absolute atomic E-state index is 13.1. The number of rotatable bonds is 3. The van der Waals surface area contributed by atoms with E-state index in [0.29, 0.717) is 0 Å². The van der Waals surface area contributed by atoms with Gasteiger partial charge in [0.1, 0.15) is 12.2 Å². The first-order valence-electron chi connectivity index (χ1n) is 22.0. The lowest BCUT2D eigenvalue weighted by Gasteiger charge is -2.45. The average molecular weight is 909 g/mol. The average Bonchev–Trinajstić information content (AvgIpc) is 3.21. The van der Waals surface area contributed by atoms with Crippen molar-refractivity contribution in [3.05, 3.63) is 85.1 Å². The number of nitrogens with two attached hydrogens (primary N) is 1. The largest absolute Gasteiger partial charge is 0.462 e. The Morgan fingerprint density at radius 1 is 0.703 bits per heavy atom. The van der Waals surface area contributed by atoms with E-state index in [1.165, 1.54) is 7.05 Å². The van der Waals surface area contributed by atoms with Crippen molar-refractivity contribution in [3.8, 4) is 0 Å². The maximum atomic E-state index is 13.1. The standard InChI is InChI=1S/C46H72N2O16/c1-28-16-14-12-10-8-6-4-5-7-9-11-13-15-17-33(63-45-43(58)42(47)38(56)27-61-45)24-39-41(44(59)48-3)37(55)26-46(60,64-39)25-32(51)22-36(54)34(52)19-18-30(49)21-31(50)23-40(57)62-29(2)20-35(28)53/h4-17,28-39,41-43,45,49-56,58,60H,18-27,47H2,1-3H3,(H,48,59)/b5-4+,8-6+,9-7+,12-10+,13-11+,16-14+,17-15+/t28-,29-,30?,31?,32?,33?,34?,35-,36?,37-,38+,39-,41?,42-,43-,45-,46?/m0/s1. The van der Waals surface area contributed by atoms with Crippen molar-refractivity contribution in [2.75, 3.05) is 13.7 Å². The third-order valence-corrected chi connectivity index (χ3v) is 11.3. The summed E-state index contributed by atoms with van der Waals surface area (Å²) in [4.78, 5) is 25.6. The number of nitrogens with one attached hydrogen (secondary N) is 1. The van der Waals surface area contributed by atoms with Crippen LogP contribution in [-0.2, 0) is 28.5 Å². The normalized spacial score (nSPS) is 43.6. The zero-order chi connectivity index (χ0) is 47.4. The van der Waals surface area contributed by atoms with Crippen molar-refractivity contribution in [2.24, 2.45) is 17.6 Å². The van der Waals surface area contributed by atoms with Gasteiger partial charge in [-0.25, -0.2) is 0 Å². The van der Waals surface area contributed by atoms with Crippen LogP contribution in [0.25, 0.3) is 0 Å². The van der Waals surface area contributed by atoms with Gasteiger partial charge in [-0.05, 0) is 26.2 Å². The van der Waals surface area contributed by atoms with E-state index < -0.39 is 135 Å². The first-order chi connectivity index (χ1) is 30.3. The first-order valence-corrected chi connectivity index (χ1v) is 22.0. The van der Waals surface area contributed by atoms with Crippen molar-refractivity contribution < 1.29 is 79.6 Å². The second kappa shape index (κ2) is 27.9. The molecule has 18 nitrogen and oxygen atoms in total. The first kappa shape index (κ1) is 54.9. The molecule has 362 valence electrons. The van der Waals surface area contributed by atoms with Gasteiger partial charge >= 0.3 is 5.97 Å². The lowest BCUT2D eigenvalue weighted by atomic mass is 9.82. The van der Waals surface area contributed by atoms with E-state index in [1.54, 1.807) is 61.6 Å². The van der Waals surface area contributed by atoms with Gasteiger partial charge in [0.15, 0.2) is 12.1 Å². The third-order valence-electron chi connectivity index (χ3n) is 11.3. The summed E-state index contributed by atoms with van der Waals surface area (Å²) in [5.41, 5.74) is 5.97. The minimum atomic E-state index is -2.24. The minimum Gasteiger partial charge on any atom is -0.462 e. The number of hydrogen-bond acceptors (Lipinski definition) is 17. The molecular weight excluding hydrogens is 837 g/mol. The van der Waals surface area contributed by atoms with Crippen LogP contribution in [-0.4, -0.2) is 168 Å². The number of allylic oxidation sites excluding steroid dienone is 12. The molecule has 0 radical (unpaired) electrons. The van der Waals surface area contributed by atoms with Crippen molar-refractivity contribution in [2.45, 2.75) is 163 Å². The van der Waals surface area contributed by atoms with Crippen LogP contribution < -0.4 is 11.1 Å². The number of fused-ring (bicyclic) bond motifs is 2. The highest BCUT2D eigenvalue weighted by Crippen LogP contribution is 2.38. The molecule has 0 spiro atoms. The van der Waals surface area contributed by atoms with Gasteiger partial charge in [-0.1, -0.05) is 92.0 Å². The van der Waals surface area contributed by atoms with Gasteiger partial charge in [0.25, 0.3) is 0 Å². The number of aliphatic hydroxyl groups excluding tert-OH is 9. The molecule has 0 aromatic rings. The molecule has 2 saturated heterocycles. The molecule has 3 aliphatic heterocycles. The summed E-state index contributed by atoms with van der Waals surface area (Å²) in [5.74, 6) is -5.05. The molecule has 64 heavy (non-hydrogen) atoms. The van der Waals surface area contributed by atoms with Gasteiger partial charge in [0.2, 0.25) is 5.91 Å². The number of carbonyl (C=O) groups excluding carboxylic acids is 2. The van der Waals surface area contributed by atoms with E-state index in [4.69, 9.17) is 24.7 Å². The van der Waals surface area contributed by atoms with E-state index >= 15 is 0 Å². The van der Waals surface area contributed by atoms with Gasteiger partial charge in [0.05, 0.1) is 86.0 Å². The van der Waals surface area contributed by atoms with Gasteiger partial charge in [-0.2, -0.15) is 0 Å². The lowest BCUT2D eigenvalue weighted by molar-refractivity contribution is -0.304. The van der Waals surface area contributed by atoms with Crippen LogP contribution in [0, 0.1) is 11.8 Å². The molecule has 17 atom stereocenters. The summed E-state index contributed by atoms with van der Waals surface area (Å²) < 4.78 is 23.1. The Morgan fingerprint density at radius 2 is 1.30 bits per heavy atom. The van der Waals surface area contributed by atoms with Crippen LogP contribution in [0.1, 0.15) is 71.6 Å². The number of hydrogen-bond donors (Lipinski definition) is 12. The Kier molecular flexibility index (Phi) is 23.9. The Hall–Kier alpha value is -3.44. The fraction of sp³-hybridized carbons (Fsp3) is 0.652. The summed E-state index contributed by atoms with van der Waals surface area (Å²) in [5, 5.41) is 110. The lowest BCUT2D eigenvalue weighted by Crippen LogP contribution is -2.59. The SMILES string of the molecule is CNC(=O)C1[C@@H]2CC(O[C@@H]3OC[C@@H](O)[C@H](N)[C@@H]3O)/C=C/C=C/C=C/C=C/C=C/C=C/C=C/[C@H](C)[C@@H](O)C[C@H](C)OC(=O)CC(O)CC(O)CCC(O)C(O)CC(O)CC(O)(C[C@@H]1O)O2. The fourth-order valence-electron chi connectivity index (χ4n) is 7.68. The summed E-state index contributed by atoms with van der Waals surface area (Å²) in [6, 6.07) is -1.09. The Labute approximate surface area is 375 Å². The van der Waals surface area contributed by atoms with E-state index in [-0.39, 0.29) is 44.6 Å². The summed E-state index contributed by atoms with van der Waals surface area (Å²) in [7, 11) is 1.37. The minimum absolute atomic E-state index is 0.0849. The number of aliphatic hydroxyl groups is 10. The highest BCUT2D eigenvalue weighted by Gasteiger charge is 2.50. The number of amides is 1. The van der Waals surface area contributed by atoms with Crippen LogP contribution in [0.15, 0.2) is 85.1 Å². The zero-order valence-electron chi connectivity index (χ0n) is 36.9. The Bertz CT molecular complexity index is 1620. The number of carbonyl (C=O) groups is 2. The quantitative estimate of drug-likeness (QED) is 0.162. The van der Waals surface area contributed by atoms with E-state index in [1.807, 2.05) is 37.3 Å². The summed E-state index contributed by atoms with van der Waals surface area (Å²) in [6.45, 7) is 3.22. The molecule has 13 N–H and O–H groups in total. The third kappa shape index (κ3) is 19.2. The van der Waals surface area contributed by atoms with Gasteiger partial charge < -0.3 is 81.1 Å². The molecule has 18 heteroatoms. The maximum Gasteiger partial charge on any atom is 0.308 e. The highest BCUT2D eigenvalue weighted by molar-refractivity contribution is 5.79. The van der Waals surface area contributed by atoms with Gasteiger partial charge in [-0.15, -0.1) is 0 Å². The van der Waals surface area contributed by atoms with E-state index in [2.05, 4.69) is 5.32 Å². The van der Waals surface area contributed by atoms with Gasteiger partial charge in [0, 0.05) is 45.1 Å². The number of ether oxygens (including phenoxy) is 4. The molecule has 0 aromatic carbocycles. The second-order valence-corrected chi connectivity index (χ2v) is 17.0. The number of cyclic esters (lactones) is 1.